The van der Waals surface area contributed by atoms with Gasteiger partial charge in [-0.25, -0.2) is 9.97 Å². The molecule has 1 aromatic carbocycles. The number of piperazine rings is 1. The summed E-state index contributed by atoms with van der Waals surface area (Å²) in [5, 5.41) is 3.52. The molecule has 2 aromatic rings. The zero-order valence-electron chi connectivity index (χ0n) is 18.6. The summed E-state index contributed by atoms with van der Waals surface area (Å²) >= 11 is 5.92. The van der Waals surface area contributed by atoms with Gasteiger partial charge in [0.05, 0.1) is 0 Å². The molecule has 0 aliphatic carbocycles. The minimum atomic E-state index is -0.566. The van der Waals surface area contributed by atoms with Crippen LogP contribution in [-0.4, -0.2) is 58.9 Å². The van der Waals surface area contributed by atoms with Crippen LogP contribution in [0.15, 0.2) is 30.3 Å². The molecule has 3 rings (SSSR count). The van der Waals surface area contributed by atoms with Crippen molar-refractivity contribution in [3.05, 3.63) is 52.4 Å². The molecule has 1 saturated heterocycles. The summed E-state index contributed by atoms with van der Waals surface area (Å²) in [5.41, 5.74) is 1.42. The molecule has 31 heavy (non-hydrogen) atoms. The number of amides is 2. The Bertz CT molecular complexity index is 906. The molecule has 1 aromatic heterocycles. The average molecular weight is 444 g/mol. The molecule has 1 N–H and O–H groups in total. The third-order valence-electron chi connectivity index (χ3n) is 5.74. The zero-order chi connectivity index (χ0) is 22.5. The van der Waals surface area contributed by atoms with Crippen molar-refractivity contribution in [3.63, 3.8) is 0 Å². The smallest absolute Gasteiger partial charge is 0.251 e. The van der Waals surface area contributed by atoms with Crippen molar-refractivity contribution in [1.29, 1.82) is 0 Å². The van der Waals surface area contributed by atoms with Gasteiger partial charge in [-0.15, -0.1) is 0 Å². The zero-order valence-corrected chi connectivity index (χ0v) is 19.3. The van der Waals surface area contributed by atoms with Crippen molar-refractivity contribution in [2.45, 2.75) is 40.2 Å². The van der Waals surface area contributed by atoms with E-state index in [4.69, 9.17) is 11.6 Å². The molecule has 1 fully saturated rings. The van der Waals surface area contributed by atoms with E-state index in [9.17, 15) is 9.59 Å². The molecule has 2 unspecified atom stereocenters. The third-order valence-corrected chi connectivity index (χ3v) is 5.99. The van der Waals surface area contributed by atoms with Gasteiger partial charge in [0, 0.05) is 48.5 Å². The topological polar surface area (TPSA) is 78.4 Å². The Kier molecular flexibility index (Phi) is 7.49. The lowest BCUT2D eigenvalue weighted by molar-refractivity contribution is -0.134. The predicted molar refractivity (Wildman–Crippen MR) is 122 cm³/mol. The Morgan fingerprint density at radius 1 is 1.10 bits per heavy atom. The Labute approximate surface area is 188 Å². The molecule has 2 amide bonds. The van der Waals surface area contributed by atoms with Gasteiger partial charge in [0.1, 0.15) is 17.7 Å². The van der Waals surface area contributed by atoms with E-state index in [1.54, 1.807) is 24.3 Å². The Morgan fingerprint density at radius 2 is 1.74 bits per heavy atom. The van der Waals surface area contributed by atoms with Gasteiger partial charge in [-0.3, -0.25) is 9.59 Å². The minimum Gasteiger partial charge on any atom is -0.353 e. The van der Waals surface area contributed by atoms with E-state index >= 15 is 0 Å². The summed E-state index contributed by atoms with van der Waals surface area (Å²) in [6, 6.07) is 8.08. The van der Waals surface area contributed by atoms with Crippen LogP contribution in [-0.2, 0) is 4.79 Å². The van der Waals surface area contributed by atoms with E-state index in [1.807, 2.05) is 38.7 Å². The molecule has 1 aliphatic rings. The van der Waals surface area contributed by atoms with Crippen molar-refractivity contribution in [2.75, 3.05) is 31.1 Å². The highest BCUT2D eigenvalue weighted by Gasteiger charge is 2.32. The standard InChI is InChI=1S/C23H30ClN5O2/c1-5-15(2)21(27-22(30)18-6-8-19(24)9-7-18)23(31)29-12-10-28(11-13-29)20-14-16(3)25-17(4)26-20/h6-9,14-15,21H,5,10-13H2,1-4H3,(H,27,30). The first-order valence-electron chi connectivity index (χ1n) is 10.7. The van der Waals surface area contributed by atoms with Crippen molar-refractivity contribution in [3.8, 4) is 0 Å². The van der Waals surface area contributed by atoms with E-state index in [1.165, 1.54) is 0 Å². The Hall–Kier alpha value is -2.67. The molecule has 0 spiro atoms. The maximum absolute atomic E-state index is 13.3. The molecule has 0 radical (unpaired) electrons. The summed E-state index contributed by atoms with van der Waals surface area (Å²) in [7, 11) is 0. The van der Waals surface area contributed by atoms with Gasteiger partial charge in [-0.2, -0.15) is 0 Å². The first-order valence-corrected chi connectivity index (χ1v) is 11.1. The largest absolute Gasteiger partial charge is 0.353 e. The molecule has 166 valence electrons. The number of halogens is 1. The second kappa shape index (κ2) is 10.1. The van der Waals surface area contributed by atoms with Crippen LogP contribution in [0.2, 0.25) is 5.02 Å². The second-order valence-electron chi connectivity index (χ2n) is 8.07. The normalized spacial score (nSPS) is 16.0. The number of carbonyl (C=O) groups excluding carboxylic acids is 2. The van der Waals surface area contributed by atoms with Crippen molar-refractivity contribution >= 4 is 29.2 Å². The van der Waals surface area contributed by atoms with Gasteiger partial charge in [0.25, 0.3) is 5.91 Å². The molecule has 0 bridgehead atoms. The van der Waals surface area contributed by atoms with Gasteiger partial charge in [0.15, 0.2) is 0 Å². The van der Waals surface area contributed by atoms with Crippen LogP contribution in [0, 0.1) is 19.8 Å². The van der Waals surface area contributed by atoms with Gasteiger partial charge in [-0.1, -0.05) is 31.9 Å². The molecule has 7 nitrogen and oxygen atoms in total. The fourth-order valence-corrected chi connectivity index (χ4v) is 3.85. The molecule has 8 heteroatoms. The SMILES string of the molecule is CCC(C)C(NC(=O)c1ccc(Cl)cc1)C(=O)N1CCN(c2cc(C)nc(C)n2)CC1. The number of hydrogen-bond acceptors (Lipinski definition) is 5. The van der Waals surface area contributed by atoms with Crippen LogP contribution < -0.4 is 10.2 Å². The summed E-state index contributed by atoms with van der Waals surface area (Å²) in [6.45, 7) is 10.4. The highest BCUT2D eigenvalue weighted by atomic mass is 35.5. The van der Waals surface area contributed by atoms with Crippen molar-refractivity contribution < 1.29 is 9.59 Å². The highest BCUT2D eigenvalue weighted by molar-refractivity contribution is 6.30. The highest BCUT2D eigenvalue weighted by Crippen LogP contribution is 2.18. The molecule has 1 aliphatic heterocycles. The number of benzene rings is 1. The number of carbonyl (C=O) groups is 2. The lowest BCUT2D eigenvalue weighted by atomic mass is 9.97. The van der Waals surface area contributed by atoms with Gasteiger partial charge in [-0.05, 0) is 44.0 Å². The lowest BCUT2D eigenvalue weighted by Crippen LogP contribution is -2.56. The maximum Gasteiger partial charge on any atom is 0.251 e. The Morgan fingerprint density at radius 3 is 2.32 bits per heavy atom. The van der Waals surface area contributed by atoms with E-state index in [0.29, 0.717) is 36.8 Å². The number of nitrogens with one attached hydrogen (secondary N) is 1. The number of nitrogens with zero attached hydrogens (tertiary/aromatic N) is 4. The summed E-state index contributed by atoms with van der Waals surface area (Å²) in [5.74, 6) is 1.36. The van der Waals surface area contributed by atoms with Crippen molar-refractivity contribution in [2.24, 2.45) is 5.92 Å². The number of aryl methyl sites for hydroxylation is 2. The predicted octanol–water partition coefficient (Wildman–Crippen LogP) is 3.24. The van der Waals surface area contributed by atoms with E-state index in [2.05, 4.69) is 20.2 Å². The van der Waals surface area contributed by atoms with E-state index in [-0.39, 0.29) is 17.7 Å². The second-order valence-corrected chi connectivity index (χ2v) is 8.51. The van der Waals surface area contributed by atoms with Crippen LogP contribution in [0.25, 0.3) is 0 Å². The number of hydrogen-bond donors (Lipinski definition) is 1. The van der Waals surface area contributed by atoms with Crippen molar-refractivity contribution in [1.82, 2.24) is 20.2 Å². The monoisotopic (exact) mass is 443 g/mol. The number of aromatic nitrogens is 2. The number of rotatable bonds is 6. The quantitative estimate of drug-likeness (QED) is 0.741. The molecule has 2 heterocycles. The molecule has 2 atom stereocenters. The van der Waals surface area contributed by atoms with Crippen LogP contribution in [0.4, 0.5) is 5.82 Å². The van der Waals surface area contributed by atoms with E-state index in [0.717, 1.165) is 23.8 Å². The first kappa shape index (κ1) is 23.0. The minimum absolute atomic E-state index is 0.0222. The van der Waals surface area contributed by atoms with E-state index < -0.39 is 6.04 Å². The van der Waals surface area contributed by atoms with Gasteiger partial charge >= 0.3 is 0 Å². The summed E-state index contributed by atoms with van der Waals surface area (Å²) < 4.78 is 0. The first-order chi connectivity index (χ1) is 14.8. The summed E-state index contributed by atoms with van der Waals surface area (Å²) in [4.78, 5) is 38.9. The molecule has 0 saturated carbocycles. The van der Waals surface area contributed by atoms with Gasteiger partial charge in [0.2, 0.25) is 5.91 Å². The maximum atomic E-state index is 13.3. The average Bonchev–Trinajstić information content (AvgIpc) is 2.76. The van der Waals surface area contributed by atoms with Crippen LogP contribution in [0.3, 0.4) is 0 Å². The Balaban J connectivity index is 1.66. The summed E-state index contributed by atoms with van der Waals surface area (Å²) in [6.07, 6.45) is 0.788. The van der Waals surface area contributed by atoms with Crippen LogP contribution in [0.5, 0.6) is 0 Å². The fourth-order valence-electron chi connectivity index (χ4n) is 3.72. The number of anilines is 1. The fraction of sp³-hybridized carbons (Fsp3) is 0.478. The van der Waals surface area contributed by atoms with Gasteiger partial charge < -0.3 is 15.1 Å². The molecular weight excluding hydrogens is 414 g/mol. The van der Waals surface area contributed by atoms with Crippen LogP contribution in [0.1, 0.15) is 42.1 Å². The van der Waals surface area contributed by atoms with Crippen LogP contribution >= 0.6 is 11.6 Å². The lowest BCUT2D eigenvalue weighted by Gasteiger charge is -2.38. The third kappa shape index (κ3) is 5.73. The molecular formula is C23H30ClN5O2.